The monoisotopic (exact) mass is 315 g/mol. The van der Waals surface area contributed by atoms with E-state index in [0.29, 0.717) is 13.0 Å². The lowest BCUT2D eigenvalue weighted by molar-refractivity contribution is -0.136. The highest BCUT2D eigenvalue weighted by atomic mass is 16.2. The van der Waals surface area contributed by atoms with Gasteiger partial charge >= 0.3 is 0 Å². The molecule has 5 nitrogen and oxygen atoms in total. The molecule has 1 aliphatic carbocycles. The Balaban J connectivity index is 1.63. The average molecular weight is 315 g/mol. The molecule has 0 aromatic heterocycles. The van der Waals surface area contributed by atoms with Crippen molar-refractivity contribution in [2.24, 2.45) is 5.73 Å². The zero-order chi connectivity index (χ0) is 16.2. The Bertz CT molecular complexity index is 587. The number of rotatable bonds is 3. The summed E-state index contributed by atoms with van der Waals surface area (Å²) in [6.07, 6.45) is 5.68. The second-order valence-electron chi connectivity index (χ2n) is 6.57. The number of nitrogens with one attached hydrogen (secondary N) is 1. The molecule has 2 amide bonds. The molecule has 1 unspecified atom stereocenters. The number of hydrogen-bond donors (Lipinski definition) is 2. The van der Waals surface area contributed by atoms with Crippen LogP contribution in [0.5, 0.6) is 0 Å². The SMILES string of the molecule is NC1CCCCN(CC(=O)N[C@@H]2CCCc3ccccc32)C1=O. The Morgan fingerprint density at radius 2 is 2.04 bits per heavy atom. The van der Waals surface area contributed by atoms with Crippen LogP contribution in [-0.4, -0.2) is 35.8 Å². The summed E-state index contributed by atoms with van der Waals surface area (Å²) >= 11 is 0. The fraction of sp³-hybridized carbons (Fsp3) is 0.556. The van der Waals surface area contributed by atoms with Gasteiger partial charge in [0.25, 0.3) is 0 Å². The number of hydrogen-bond acceptors (Lipinski definition) is 3. The van der Waals surface area contributed by atoms with E-state index in [2.05, 4.69) is 17.4 Å². The minimum Gasteiger partial charge on any atom is -0.348 e. The second kappa shape index (κ2) is 7.13. The van der Waals surface area contributed by atoms with Crippen molar-refractivity contribution in [3.05, 3.63) is 35.4 Å². The van der Waals surface area contributed by atoms with E-state index in [-0.39, 0.29) is 24.4 Å². The van der Waals surface area contributed by atoms with Crippen molar-refractivity contribution >= 4 is 11.8 Å². The van der Waals surface area contributed by atoms with Gasteiger partial charge in [-0.2, -0.15) is 0 Å². The van der Waals surface area contributed by atoms with E-state index >= 15 is 0 Å². The second-order valence-corrected chi connectivity index (χ2v) is 6.57. The minimum atomic E-state index is -0.458. The van der Waals surface area contributed by atoms with E-state index in [0.717, 1.165) is 32.1 Å². The Morgan fingerprint density at radius 1 is 1.22 bits per heavy atom. The van der Waals surface area contributed by atoms with E-state index in [1.807, 2.05) is 12.1 Å². The summed E-state index contributed by atoms with van der Waals surface area (Å²) in [7, 11) is 0. The molecule has 0 radical (unpaired) electrons. The van der Waals surface area contributed by atoms with Crippen molar-refractivity contribution in [2.45, 2.75) is 50.6 Å². The third-order valence-electron chi connectivity index (χ3n) is 4.86. The number of amides is 2. The lowest BCUT2D eigenvalue weighted by atomic mass is 9.88. The van der Waals surface area contributed by atoms with Crippen LogP contribution >= 0.6 is 0 Å². The van der Waals surface area contributed by atoms with E-state index in [1.165, 1.54) is 11.1 Å². The van der Waals surface area contributed by atoms with Crippen molar-refractivity contribution in [3.63, 3.8) is 0 Å². The number of fused-ring (bicyclic) bond motifs is 1. The number of benzene rings is 1. The molecule has 2 aliphatic rings. The van der Waals surface area contributed by atoms with Gasteiger partial charge in [-0.25, -0.2) is 0 Å². The van der Waals surface area contributed by atoms with Gasteiger partial charge in [0, 0.05) is 6.54 Å². The molecule has 5 heteroatoms. The summed E-state index contributed by atoms with van der Waals surface area (Å²) < 4.78 is 0. The van der Waals surface area contributed by atoms with E-state index < -0.39 is 6.04 Å². The molecule has 1 aliphatic heterocycles. The Labute approximate surface area is 137 Å². The first-order chi connectivity index (χ1) is 11.1. The van der Waals surface area contributed by atoms with E-state index in [9.17, 15) is 9.59 Å². The van der Waals surface area contributed by atoms with Crippen LogP contribution < -0.4 is 11.1 Å². The van der Waals surface area contributed by atoms with Crippen molar-refractivity contribution in [1.29, 1.82) is 0 Å². The molecular weight excluding hydrogens is 290 g/mol. The van der Waals surface area contributed by atoms with Crippen LogP contribution in [0, 0.1) is 0 Å². The van der Waals surface area contributed by atoms with Crippen molar-refractivity contribution < 1.29 is 9.59 Å². The molecule has 3 rings (SSSR count). The lowest BCUT2D eigenvalue weighted by Crippen LogP contribution is -2.47. The Kier molecular flexibility index (Phi) is 4.96. The van der Waals surface area contributed by atoms with Gasteiger partial charge in [-0.15, -0.1) is 0 Å². The molecule has 1 heterocycles. The summed E-state index contributed by atoms with van der Waals surface area (Å²) in [5.74, 6) is -0.184. The molecule has 0 spiro atoms. The standard InChI is InChI=1S/C18H25N3O2/c19-15-9-3-4-11-21(18(15)23)12-17(22)20-16-10-5-7-13-6-1-2-8-14(13)16/h1-2,6,8,15-16H,3-5,7,9-12,19H2,(H,20,22)/t15?,16-/m1/s1. The maximum absolute atomic E-state index is 12.4. The van der Waals surface area contributed by atoms with Gasteiger partial charge in [-0.3, -0.25) is 9.59 Å². The first kappa shape index (κ1) is 16.0. The highest BCUT2D eigenvalue weighted by Gasteiger charge is 2.27. The van der Waals surface area contributed by atoms with Crippen molar-refractivity contribution in [1.82, 2.24) is 10.2 Å². The molecule has 1 fully saturated rings. The smallest absolute Gasteiger partial charge is 0.240 e. The fourth-order valence-electron chi connectivity index (χ4n) is 3.61. The van der Waals surface area contributed by atoms with Gasteiger partial charge in [-0.05, 0) is 49.7 Å². The number of nitrogens with zero attached hydrogens (tertiary/aromatic N) is 1. The number of nitrogens with two attached hydrogens (primary N) is 1. The minimum absolute atomic E-state index is 0.0585. The van der Waals surface area contributed by atoms with Crippen molar-refractivity contribution in [3.8, 4) is 0 Å². The summed E-state index contributed by atoms with van der Waals surface area (Å²) in [4.78, 5) is 26.2. The maximum Gasteiger partial charge on any atom is 0.240 e. The largest absolute Gasteiger partial charge is 0.348 e. The molecule has 2 atom stereocenters. The molecule has 1 aromatic rings. The van der Waals surface area contributed by atoms with Crippen LogP contribution in [0.2, 0.25) is 0 Å². The van der Waals surface area contributed by atoms with Gasteiger partial charge in [0.2, 0.25) is 11.8 Å². The number of carbonyl (C=O) groups is 2. The van der Waals surface area contributed by atoms with Crippen LogP contribution in [0.3, 0.4) is 0 Å². The highest BCUT2D eigenvalue weighted by molar-refractivity contribution is 5.87. The third-order valence-corrected chi connectivity index (χ3v) is 4.86. The average Bonchev–Trinajstić information content (AvgIpc) is 2.71. The molecular formula is C18H25N3O2. The third kappa shape index (κ3) is 3.72. The van der Waals surface area contributed by atoms with Crippen LogP contribution in [-0.2, 0) is 16.0 Å². The fourth-order valence-corrected chi connectivity index (χ4v) is 3.61. The normalized spacial score (nSPS) is 24.7. The topological polar surface area (TPSA) is 75.4 Å². The van der Waals surface area contributed by atoms with E-state index in [4.69, 9.17) is 5.73 Å². The van der Waals surface area contributed by atoms with Gasteiger partial charge < -0.3 is 16.0 Å². The van der Waals surface area contributed by atoms with Gasteiger partial charge in [-0.1, -0.05) is 24.3 Å². The van der Waals surface area contributed by atoms with Gasteiger partial charge in [0.15, 0.2) is 0 Å². The molecule has 0 bridgehead atoms. The van der Waals surface area contributed by atoms with E-state index in [1.54, 1.807) is 4.90 Å². The predicted molar refractivity (Wildman–Crippen MR) is 88.7 cm³/mol. The number of likely N-dealkylation sites (tertiary alicyclic amines) is 1. The zero-order valence-electron chi connectivity index (χ0n) is 13.5. The Morgan fingerprint density at radius 3 is 2.91 bits per heavy atom. The first-order valence-corrected chi connectivity index (χ1v) is 8.56. The molecule has 0 saturated carbocycles. The maximum atomic E-state index is 12.4. The van der Waals surface area contributed by atoms with Gasteiger partial charge in [0.1, 0.15) is 0 Å². The van der Waals surface area contributed by atoms with Crippen LogP contribution in [0.1, 0.15) is 49.3 Å². The molecule has 124 valence electrons. The molecule has 1 aromatic carbocycles. The summed E-state index contributed by atoms with van der Waals surface area (Å²) in [5.41, 5.74) is 8.40. The lowest BCUT2D eigenvalue weighted by Gasteiger charge is -2.28. The first-order valence-electron chi connectivity index (χ1n) is 8.56. The van der Waals surface area contributed by atoms with Gasteiger partial charge in [0.05, 0.1) is 18.6 Å². The highest BCUT2D eigenvalue weighted by Crippen LogP contribution is 2.29. The summed E-state index contributed by atoms with van der Waals surface area (Å²) in [6, 6.07) is 7.88. The van der Waals surface area contributed by atoms with Crippen molar-refractivity contribution in [2.75, 3.05) is 13.1 Å². The van der Waals surface area contributed by atoms with Crippen LogP contribution in [0.4, 0.5) is 0 Å². The van der Waals surface area contributed by atoms with Crippen LogP contribution in [0.15, 0.2) is 24.3 Å². The predicted octanol–water partition coefficient (Wildman–Crippen LogP) is 1.52. The molecule has 1 saturated heterocycles. The van der Waals surface area contributed by atoms with Crippen LogP contribution in [0.25, 0.3) is 0 Å². The molecule has 3 N–H and O–H groups in total. The zero-order valence-corrected chi connectivity index (χ0v) is 13.5. The number of aryl methyl sites for hydroxylation is 1. The Hall–Kier alpha value is -1.88. The summed E-state index contributed by atoms with van der Waals surface area (Å²) in [5, 5.41) is 3.10. The molecule has 23 heavy (non-hydrogen) atoms. The quantitative estimate of drug-likeness (QED) is 0.888. The summed E-state index contributed by atoms with van der Waals surface area (Å²) in [6.45, 7) is 0.742. The number of carbonyl (C=O) groups excluding carboxylic acids is 2.